The first-order valence-electron chi connectivity index (χ1n) is 5.70. The van der Waals surface area contributed by atoms with E-state index >= 15 is 0 Å². The molecular weight excluding hydrogens is 274 g/mol. The van der Waals surface area contributed by atoms with E-state index in [9.17, 15) is 0 Å². The van der Waals surface area contributed by atoms with Crippen molar-refractivity contribution in [3.05, 3.63) is 36.9 Å². The molecule has 0 bridgehead atoms. The molecule has 0 aliphatic carbocycles. The third kappa shape index (κ3) is 3.96. The maximum absolute atomic E-state index is 5.29. The Labute approximate surface area is 124 Å². The van der Waals surface area contributed by atoms with Crippen LogP contribution in [0.1, 0.15) is 7.43 Å². The summed E-state index contributed by atoms with van der Waals surface area (Å²) in [5, 5.41) is 3.15. The highest BCUT2D eigenvalue weighted by atomic mass is 32.1. The number of thiocarbonyl (C=S) groups is 1. The zero-order chi connectivity index (χ0) is 13.7. The van der Waals surface area contributed by atoms with Gasteiger partial charge in [-0.3, -0.25) is 0 Å². The first kappa shape index (κ1) is 16.0. The van der Waals surface area contributed by atoms with E-state index in [1.54, 1.807) is 26.7 Å². The average molecular weight is 293 g/mol. The Morgan fingerprint density at radius 3 is 2.65 bits per heavy atom. The summed E-state index contributed by atoms with van der Waals surface area (Å²) in [7, 11) is 3.21. The normalized spacial score (nSPS) is 9.50. The van der Waals surface area contributed by atoms with Crippen molar-refractivity contribution in [3.63, 3.8) is 0 Å². The average Bonchev–Trinajstić information content (AvgIpc) is 2.91. The lowest BCUT2D eigenvalue weighted by Crippen LogP contribution is -2.15. The van der Waals surface area contributed by atoms with Crippen molar-refractivity contribution in [3.8, 4) is 11.5 Å². The standard InChI is InChI=1S/C13H15N3O2S.CH4/c1-17-11-4-3-10(7-12(11)18-2)15-13(19)8-16-6-5-14-9-16;/h3-7,9H,8H2,1-2H3,(H,15,19);1H4. The summed E-state index contributed by atoms with van der Waals surface area (Å²) in [6.07, 6.45) is 5.31. The molecule has 0 atom stereocenters. The number of nitrogens with one attached hydrogen (secondary N) is 1. The maximum Gasteiger partial charge on any atom is 0.162 e. The zero-order valence-electron chi connectivity index (χ0n) is 10.8. The second kappa shape index (κ2) is 7.49. The van der Waals surface area contributed by atoms with E-state index in [0.29, 0.717) is 23.0 Å². The van der Waals surface area contributed by atoms with E-state index < -0.39 is 0 Å². The fraction of sp³-hybridized carbons (Fsp3) is 0.286. The molecule has 0 saturated carbocycles. The van der Waals surface area contributed by atoms with Gasteiger partial charge >= 0.3 is 0 Å². The Hall–Kier alpha value is -2.08. The summed E-state index contributed by atoms with van der Waals surface area (Å²) in [4.78, 5) is 4.67. The van der Waals surface area contributed by atoms with Crippen LogP contribution < -0.4 is 14.8 Å². The molecule has 0 amide bonds. The van der Waals surface area contributed by atoms with E-state index in [1.807, 2.05) is 29.0 Å². The lowest BCUT2D eigenvalue weighted by Gasteiger charge is -2.12. The molecule has 1 N–H and O–H groups in total. The van der Waals surface area contributed by atoms with Crippen molar-refractivity contribution in [1.82, 2.24) is 9.55 Å². The first-order valence-corrected chi connectivity index (χ1v) is 6.11. The molecule has 1 aromatic heterocycles. The molecule has 2 aromatic rings. The Kier molecular flexibility index (Phi) is 5.99. The molecule has 0 radical (unpaired) electrons. The van der Waals surface area contributed by atoms with Crippen LogP contribution in [0.2, 0.25) is 0 Å². The topological polar surface area (TPSA) is 48.3 Å². The van der Waals surface area contributed by atoms with Crippen LogP contribution in [-0.4, -0.2) is 28.8 Å². The van der Waals surface area contributed by atoms with Crippen LogP contribution in [0, 0.1) is 0 Å². The van der Waals surface area contributed by atoms with Crippen LogP contribution in [0.5, 0.6) is 11.5 Å². The predicted octanol–water partition coefficient (Wildman–Crippen LogP) is 2.98. The zero-order valence-corrected chi connectivity index (χ0v) is 11.6. The van der Waals surface area contributed by atoms with Crippen molar-refractivity contribution < 1.29 is 9.47 Å². The van der Waals surface area contributed by atoms with Crippen LogP contribution in [0.15, 0.2) is 36.9 Å². The minimum Gasteiger partial charge on any atom is -0.493 e. The largest absolute Gasteiger partial charge is 0.493 e. The molecule has 0 saturated heterocycles. The molecule has 0 fully saturated rings. The summed E-state index contributed by atoms with van der Waals surface area (Å²) in [5.74, 6) is 1.35. The molecule has 5 nitrogen and oxygen atoms in total. The Morgan fingerprint density at radius 1 is 1.30 bits per heavy atom. The van der Waals surface area contributed by atoms with Crippen molar-refractivity contribution in [2.45, 2.75) is 14.0 Å². The fourth-order valence-corrected chi connectivity index (χ4v) is 1.93. The first-order chi connectivity index (χ1) is 9.22. The molecule has 108 valence electrons. The number of benzene rings is 1. The molecule has 0 spiro atoms. The number of anilines is 1. The number of hydrogen-bond donors (Lipinski definition) is 1. The molecule has 20 heavy (non-hydrogen) atoms. The van der Waals surface area contributed by atoms with Gasteiger partial charge in [-0.2, -0.15) is 0 Å². The second-order valence-electron chi connectivity index (χ2n) is 3.85. The van der Waals surface area contributed by atoms with Gasteiger partial charge in [-0.1, -0.05) is 19.6 Å². The quantitative estimate of drug-likeness (QED) is 0.859. The van der Waals surface area contributed by atoms with Gasteiger partial charge in [-0.15, -0.1) is 0 Å². The van der Waals surface area contributed by atoms with Gasteiger partial charge in [0.1, 0.15) is 0 Å². The second-order valence-corrected chi connectivity index (χ2v) is 4.35. The van der Waals surface area contributed by atoms with E-state index in [2.05, 4.69) is 10.3 Å². The van der Waals surface area contributed by atoms with Crippen molar-refractivity contribution >= 4 is 22.9 Å². The Bertz CT molecular complexity index is 556. The van der Waals surface area contributed by atoms with E-state index in [-0.39, 0.29) is 7.43 Å². The van der Waals surface area contributed by atoms with Crippen LogP contribution in [0.4, 0.5) is 5.69 Å². The molecule has 6 heteroatoms. The smallest absolute Gasteiger partial charge is 0.162 e. The van der Waals surface area contributed by atoms with Crippen LogP contribution >= 0.6 is 12.2 Å². The highest BCUT2D eigenvalue weighted by Gasteiger charge is 2.05. The Balaban J connectivity index is 0.00000200. The summed E-state index contributed by atoms with van der Waals surface area (Å²) in [6.45, 7) is 0.587. The number of hydrogen-bond acceptors (Lipinski definition) is 4. The lowest BCUT2D eigenvalue weighted by molar-refractivity contribution is 0.355. The third-order valence-corrected chi connectivity index (χ3v) is 2.78. The van der Waals surface area contributed by atoms with Crippen molar-refractivity contribution in [1.29, 1.82) is 0 Å². The molecule has 0 aliphatic heterocycles. The van der Waals surface area contributed by atoms with Crippen molar-refractivity contribution in [2.24, 2.45) is 0 Å². The summed E-state index contributed by atoms with van der Waals surface area (Å²) >= 11 is 5.29. The van der Waals surface area contributed by atoms with E-state index in [1.165, 1.54) is 0 Å². The number of nitrogens with zero attached hydrogens (tertiary/aromatic N) is 2. The summed E-state index contributed by atoms with van der Waals surface area (Å²) in [6, 6.07) is 5.57. The summed E-state index contributed by atoms with van der Waals surface area (Å²) in [5.41, 5.74) is 0.864. The van der Waals surface area contributed by atoms with Gasteiger partial charge in [0.15, 0.2) is 11.5 Å². The van der Waals surface area contributed by atoms with Gasteiger partial charge in [0, 0.05) is 24.1 Å². The maximum atomic E-state index is 5.29. The Morgan fingerprint density at radius 2 is 2.05 bits per heavy atom. The molecular formula is C14H19N3O2S. The van der Waals surface area contributed by atoms with Gasteiger partial charge in [0.05, 0.1) is 32.1 Å². The van der Waals surface area contributed by atoms with Gasteiger partial charge in [-0.05, 0) is 12.1 Å². The summed E-state index contributed by atoms with van der Waals surface area (Å²) < 4.78 is 12.3. The SMILES string of the molecule is C.COc1ccc(NC(=S)Cn2ccnc2)cc1OC. The van der Waals surface area contributed by atoms with Crippen molar-refractivity contribution in [2.75, 3.05) is 19.5 Å². The highest BCUT2D eigenvalue weighted by molar-refractivity contribution is 7.80. The van der Waals surface area contributed by atoms with Gasteiger partial charge in [0.2, 0.25) is 0 Å². The van der Waals surface area contributed by atoms with E-state index in [0.717, 1.165) is 5.69 Å². The molecule has 0 aliphatic rings. The number of rotatable bonds is 5. The van der Waals surface area contributed by atoms with Crippen LogP contribution in [0.3, 0.4) is 0 Å². The molecule has 1 heterocycles. The van der Waals surface area contributed by atoms with Gasteiger partial charge in [-0.25, -0.2) is 4.98 Å². The monoisotopic (exact) mass is 293 g/mol. The molecule has 1 aromatic carbocycles. The third-order valence-electron chi connectivity index (χ3n) is 2.55. The van der Waals surface area contributed by atoms with Crippen LogP contribution in [0.25, 0.3) is 0 Å². The van der Waals surface area contributed by atoms with Crippen LogP contribution in [-0.2, 0) is 6.54 Å². The van der Waals surface area contributed by atoms with E-state index in [4.69, 9.17) is 21.7 Å². The lowest BCUT2D eigenvalue weighted by atomic mass is 10.2. The minimum atomic E-state index is 0. The predicted molar refractivity (Wildman–Crippen MR) is 84.7 cm³/mol. The molecule has 2 rings (SSSR count). The van der Waals surface area contributed by atoms with Gasteiger partial charge in [0.25, 0.3) is 0 Å². The number of methoxy groups -OCH3 is 2. The highest BCUT2D eigenvalue weighted by Crippen LogP contribution is 2.29. The molecule has 0 unspecified atom stereocenters. The fourth-order valence-electron chi connectivity index (χ4n) is 1.66. The van der Waals surface area contributed by atoms with Gasteiger partial charge < -0.3 is 19.4 Å². The minimum absolute atomic E-state index is 0. The number of imidazole rings is 1. The number of ether oxygens (including phenoxy) is 2. The number of aromatic nitrogens is 2.